The van der Waals surface area contributed by atoms with Crippen LogP contribution in [0.2, 0.25) is 0 Å². The normalized spacial score (nSPS) is 17.3. The van der Waals surface area contributed by atoms with Crippen molar-refractivity contribution in [2.24, 2.45) is 4.99 Å². The van der Waals surface area contributed by atoms with Crippen molar-refractivity contribution >= 4 is 33.6 Å². The highest BCUT2D eigenvalue weighted by Gasteiger charge is 2.45. The number of pyridine rings is 1. The van der Waals surface area contributed by atoms with Crippen molar-refractivity contribution in [3.8, 4) is 0 Å². The molecule has 0 bridgehead atoms. The molecule has 1 aromatic carbocycles. The van der Waals surface area contributed by atoms with Gasteiger partial charge in [0.15, 0.2) is 6.17 Å². The number of benzene rings is 1. The van der Waals surface area contributed by atoms with Gasteiger partial charge in [-0.05, 0) is 18.2 Å². The predicted octanol–water partition coefficient (Wildman–Crippen LogP) is 2.56. The number of fused-ring (bicyclic) bond motifs is 1. The minimum Gasteiger partial charge on any atom is -0.481 e. The Morgan fingerprint density at radius 1 is 1.26 bits per heavy atom. The summed E-state index contributed by atoms with van der Waals surface area (Å²) in [4.78, 5) is 23.7. The molecule has 13 heteroatoms. The molecule has 0 amide bonds. The first-order valence-electron chi connectivity index (χ1n) is 8.84. The molecule has 166 valence electrons. The van der Waals surface area contributed by atoms with Crippen LogP contribution in [0.3, 0.4) is 0 Å². The molecule has 2 aromatic rings. The van der Waals surface area contributed by atoms with Gasteiger partial charge in [0.05, 0.1) is 23.5 Å². The molecule has 9 nitrogen and oxygen atoms in total. The predicted molar refractivity (Wildman–Crippen MR) is 104 cm³/mol. The first-order valence-corrected chi connectivity index (χ1v) is 10.5. The van der Waals surface area contributed by atoms with Crippen molar-refractivity contribution in [1.82, 2.24) is 9.71 Å². The summed E-state index contributed by atoms with van der Waals surface area (Å²) in [7, 11) is -4.18. The smallest absolute Gasteiger partial charge is 0.421 e. The second-order valence-corrected chi connectivity index (χ2v) is 8.30. The first-order chi connectivity index (χ1) is 14.6. The molecule has 1 aromatic heterocycles. The van der Waals surface area contributed by atoms with Crippen molar-refractivity contribution < 1.29 is 36.3 Å². The highest BCUT2D eigenvalue weighted by atomic mass is 32.2. The van der Waals surface area contributed by atoms with Crippen LogP contribution >= 0.6 is 0 Å². The van der Waals surface area contributed by atoms with Crippen LogP contribution in [0.15, 0.2) is 53.8 Å². The summed E-state index contributed by atoms with van der Waals surface area (Å²) in [5.41, 5.74) is 0.0622. The van der Waals surface area contributed by atoms with E-state index in [1.165, 1.54) is 36.5 Å². The fourth-order valence-electron chi connectivity index (χ4n) is 2.74. The molecule has 0 saturated heterocycles. The van der Waals surface area contributed by atoms with Crippen LogP contribution in [0.4, 0.5) is 24.5 Å². The Morgan fingerprint density at radius 3 is 2.65 bits per heavy atom. The number of halogens is 3. The van der Waals surface area contributed by atoms with Gasteiger partial charge >= 0.3 is 12.1 Å². The summed E-state index contributed by atoms with van der Waals surface area (Å²) in [5.74, 6) is -2.11. The van der Waals surface area contributed by atoms with Gasteiger partial charge in [-0.2, -0.15) is 17.9 Å². The monoisotopic (exact) mass is 458 g/mol. The number of carbonyl (C=O) groups is 1. The molecule has 0 spiro atoms. The van der Waals surface area contributed by atoms with Crippen molar-refractivity contribution in [3.05, 3.63) is 54.4 Å². The Labute approximate surface area is 175 Å². The van der Waals surface area contributed by atoms with Crippen molar-refractivity contribution in [2.75, 3.05) is 10.8 Å². The lowest BCUT2D eigenvalue weighted by Crippen LogP contribution is -2.52. The van der Waals surface area contributed by atoms with E-state index in [1.54, 1.807) is 6.07 Å². The average Bonchev–Trinajstić information content (AvgIpc) is 2.71. The molecule has 1 aliphatic rings. The molecule has 2 N–H and O–H groups in total. The van der Waals surface area contributed by atoms with Gasteiger partial charge in [-0.1, -0.05) is 18.2 Å². The molecule has 0 fully saturated rings. The van der Waals surface area contributed by atoms with Gasteiger partial charge in [-0.15, -0.1) is 0 Å². The molecule has 2 heterocycles. The molecular formula is C18H17F3N4O5S. The number of hydrogen-bond donors (Lipinski definition) is 2. The Kier molecular flexibility index (Phi) is 6.57. The number of alkyl halides is 3. The standard InChI is InChI=1S/C18H17F3N4O5S/c19-18(20,21)17(12-4-3-8-22-10-12)30-25-14-6-2-1-5-13(14)23-11-15(25)24-31(28,29)9-7-16(26)27/h1-6,8,10-11,15,17,24H,7,9H2,(H,26,27). The Hall–Kier alpha value is -3.03. The molecule has 31 heavy (non-hydrogen) atoms. The number of aliphatic imine (C=N–C) groups is 1. The molecular weight excluding hydrogens is 441 g/mol. The van der Waals surface area contributed by atoms with Crippen LogP contribution in [0, 0.1) is 0 Å². The summed E-state index contributed by atoms with van der Waals surface area (Å²) >= 11 is 0. The number of anilines is 1. The summed E-state index contributed by atoms with van der Waals surface area (Å²) in [6, 6.07) is 8.56. The molecule has 1 aliphatic heterocycles. The number of sulfonamides is 1. The Balaban J connectivity index is 1.95. The number of nitrogens with zero attached hydrogens (tertiary/aromatic N) is 3. The second-order valence-electron chi connectivity index (χ2n) is 6.43. The number of carboxylic acids is 1. The number of para-hydroxylation sites is 2. The molecule has 0 saturated carbocycles. The zero-order valence-electron chi connectivity index (χ0n) is 15.7. The summed E-state index contributed by atoms with van der Waals surface area (Å²) in [6.45, 7) is 0. The van der Waals surface area contributed by atoms with Gasteiger partial charge in [0.1, 0.15) is 0 Å². The molecule has 2 unspecified atom stereocenters. The molecule has 3 rings (SSSR count). The number of nitrogens with one attached hydrogen (secondary N) is 1. The van der Waals surface area contributed by atoms with E-state index in [0.29, 0.717) is 0 Å². The summed E-state index contributed by atoms with van der Waals surface area (Å²) in [6.07, 6.45) is -6.07. The van der Waals surface area contributed by atoms with Crippen molar-refractivity contribution in [3.63, 3.8) is 0 Å². The number of rotatable bonds is 8. The molecule has 0 radical (unpaired) electrons. The fourth-order valence-corrected chi connectivity index (χ4v) is 3.83. The Morgan fingerprint density at radius 2 is 2.00 bits per heavy atom. The first kappa shape index (κ1) is 22.7. The number of aliphatic carboxylic acids is 1. The van der Waals surface area contributed by atoms with Crippen LogP contribution in [-0.2, 0) is 19.7 Å². The van der Waals surface area contributed by atoms with Gasteiger partial charge in [0, 0.05) is 24.2 Å². The largest absolute Gasteiger partial charge is 0.481 e. The molecule has 2 atom stereocenters. The maximum absolute atomic E-state index is 13.8. The van der Waals surface area contributed by atoms with Gasteiger partial charge in [-0.25, -0.2) is 13.5 Å². The minimum atomic E-state index is -4.85. The maximum Gasteiger partial charge on any atom is 0.421 e. The summed E-state index contributed by atoms with van der Waals surface area (Å²) in [5, 5.41) is 9.47. The quantitative estimate of drug-likeness (QED) is 0.624. The van der Waals surface area contributed by atoms with Gasteiger partial charge in [0.2, 0.25) is 16.1 Å². The second kappa shape index (κ2) is 8.99. The highest BCUT2D eigenvalue weighted by Crippen LogP contribution is 2.40. The van der Waals surface area contributed by atoms with E-state index in [2.05, 4.69) is 14.7 Å². The van der Waals surface area contributed by atoms with Gasteiger partial charge < -0.3 is 5.11 Å². The van der Waals surface area contributed by atoms with E-state index in [4.69, 9.17) is 9.94 Å². The zero-order chi connectivity index (χ0) is 22.6. The zero-order valence-corrected chi connectivity index (χ0v) is 16.5. The third kappa shape index (κ3) is 5.77. The fraction of sp³-hybridized carbons (Fsp3) is 0.278. The minimum absolute atomic E-state index is 0.0917. The Bertz CT molecular complexity index is 1060. The van der Waals surface area contributed by atoms with E-state index < -0.39 is 46.6 Å². The topological polar surface area (TPSA) is 121 Å². The van der Waals surface area contributed by atoms with Crippen LogP contribution in [0.5, 0.6) is 0 Å². The van der Waals surface area contributed by atoms with E-state index in [-0.39, 0.29) is 16.9 Å². The van der Waals surface area contributed by atoms with Gasteiger partial charge in [-0.3, -0.25) is 19.6 Å². The summed E-state index contributed by atoms with van der Waals surface area (Å²) < 4.78 is 68.0. The number of aromatic nitrogens is 1. The van der Waals surface area contributed by atoms with E-state index in [0.717, 1.165) is 17.5 Å². The maximum atomic E-state index is 13.8. The van der Waals surface area contributed by atoms with Crippen molar-refractivity contribution in [2.45, 2.75) is 24.9 Å². The lowest BCUT2D eigenvalue weighted by Gasteiger charge is -2.36. The number of carboxylic acid groups (broad SMARTS) is 1. The van der Waals surface area contributed by atoms with Crippen LogP contribution in [0.25, 0.3) is 0 Å². The average molecular weight is 458 g/mol. The molecule has 0 aliphatic carbocycles. The van der Waals surface area contributed by atoms with Crippen molar-refractivity contribution in [1.29, 1.82) is 0 Å². The third-order valence-corrected chi connectivity index (χ3v) is 5.46. The SMILES string of the molecule is O=C(O)CCS(=O)(=O)NC1C=Nc2ccccc2N1OC(c1cccnc1)C(F)(F)F. The van der Waals surface area contributed by atoms with Crippen LogP contribution in [0.1, 0.15) is 18.1 Å². The lowest BCUT2D eigenvalue weighted by atomic mass is 10.1. The highest BCUT2D eigenvalue weighted by molar-refractivity contribution is 7.89. The van der Waals surface area contributed by atoms with E-state index in [9.17, 15) is 26.4 Å². The number of hydroxylamine groups is 1. The third-order valence-electron chi connectivity index (χ3n) is 4.12. The van der Waals surface area contributed by atoms with E-state index >= 15 is 0 Å². The van der Waals surface area contributed by atoms with Crippen LogP contribution < -0.4 is 9.79 Å². The lowest BCUT2D eigenvalue weighted by molar-refractivity contribution is -0.229. The number of hydrogen-bond acceptors (Lipinski definition) is 7. The van der Waals surface area contributed by atoms with Gasteiger partial charge in [0.25, 0.3) is 0 Å². The van der Waals surface area contributed by atoms with E-state index in [1.807, 2.05) is 0 Å². The van der Waals surface area contributed by atoms with Crippen LogP contribution in [-0.4, -0.2) is 48.8 Å².